The molecule has 0 aliphatic carbocycles. The van der Waals surface area contributed by atoms with Gasteiger partial charge in [-0.05, 0) is 61.9 Å². The van der Waals surface area contributed by atoms with Crippen LogP contribution in [0.25, 0.3) is 0 Å². The quantitative estimate of drug-likeness (QED) is 0.744. The number of anilines is 1. The summed E-state index contributed by atoms with van der Waals surface area (Å²) in [4.78, 5) is 2.49. The van der Waals surface area contributed by atoms with Gasteiger partial charge in [-0.25, -0.2) is 4.39 Å². The van der Waals surface area contributed by atoms with E-state index >= 15 is 0 Å². The average molecular weight is 378 g/mol. The lowest BCUT2D eigenvalue weighted by atomic mass is 10.1. The van der Waals surface area contributed by atoms with Crippen molar-refractivity contribution in [1.29, 1.82) is 0 Å². The fourth-order valence-corrected chi connectivity index (χ4v) is 3.51. The van der Waals surface area contributed by atoms with E-state index in [4.69, 9.17) is 23.8 Å². The molecule has 3 nitrogen and oxygen atoms in total. The molecule has 2 aromatic carbocycles. The molecule has 1 aliphatic heterocycles. The molecule has 0 unspecified atom stereocenters. The summed E-state index contributed by atoms with van der Waals surface area (Å²) in [5.74, 6) is -0.440. The van der Waals surface area contributed by atoms with Crippen LogP contribution in [0.4, 0.5) is 10.1 Å². The van der Waals surface area contributed by atoms with Crippen molar-refractivity contribution >= 4 is 34.6 Å². The van der Waals surface area contributed by atoms with Gasteiger partial charge in [0.25, 0.3) is 0 Å². The van der Waals surface area contributed by atoms with Crippen LogP contribution in [0.5, 0.6) is 0 Å². The molecule has 0 saturated carbocycles. The number of benzene rings is 2. The number of nitrogens with zero attached hydrogens (tertiary/aromatic N) is 1. The largest absolute Gasteiger partial charge is 0.361 e. The van der Waals surface area contributed by atoms with Gasteiger partial charge < -0.3 is 10.6 Å². The van der Waals surface area contributed by atoms with E-state index in [2.05, 4.69) is 39.8 Å². The Morgan fingerprint density at radius 2 is 1.88 bits per heavy atom. The molecule has 0 aromatic heterocycles. The molecular formula is C19H21ClFN3S. The molecule has 0 amide bonds. The summed E-state index contributed by atoms with van der Waals surface area (Å²) >= 11 is 11.2. The van der Waals surface area contributed by atoms with Gasteiger partial charge in [0.2, 0.25) is 0 Å². The van der Waals surface area contributed by atoms with Gasteiger partial charge in [0.15, 0.2) is 5.11 Å². The van der Waals surface area contributed by atoms with Crippen LogP contribution in [0.1, 0.15) is 24.4 Å². The van der Waals surface area contributed by atoms with Crippen molar-refractivity contribution in [2.24, 2.45) is 0 Å². The lowest BCUT2D eigenvalue weighted by Crippen LogP contribution is -2.38. The van der Waals surface area contributed by atoms with Crippen LogP contribution in [0.2, 0.25) is 5.02 Å². The topological polar surface area (TPSA) is 27.3 Å². The fourth-order valence-electron chi connectivity index (χ4n) is 3.12. The van der Waals surface area contributed by atoms with Crippen LogP contribution >= 0.6 is 23.8 Å². The van der Waals surface area contributed by atoms with Crippen molar-refractivity contribution in [1.82, 2.24) is 10.2 Å². The molecule has 1 atom stereocenters. The second-order valence-corrected chi connectivity index (χ2v) is 6.95. The standard InChI is InChI=1S/C19H21ClFN3S/c20-16-12-15(8-9-17(16)21)23-19(25)22-13-18(24-10-4-5-11-24)14-6-2-1-3-7-14/h1-3,6-9,12,18H,4-5,10-11,13H2,(H2,22,23,25)/t18-/m1/s1. The summed E-state index contributed by atoms with van der Waals surface area (Å²) in [5, 5.41) is 6.92. The van der Waals surface area contributed by atoms with Gasteiger partial charge in [-0.3, -0.25) is 4.90 Å². The van der Waals surface area contributed by atoms with Crippen LogP contribution < -0.4 is 10.6 Å². The Morgan fingerprint density at radius 1 is 1.16 bits per heavy atom. The molecule has 132 valence electrons. The van der Waals surface area contributed by atoms with Crippen molar-refractivity contribution in [2.45, 2.75) is 18.9 Å². The molecule has 1 heterocycles. The Hall–Kier alpha value is -1.69. The van der Waals surface area contributed by atoms with Crippen molar-refractivity contribution in [3.05, 3.63) is 64.9 Å². The summed E-state index contributed by atoms with van der Waals surface area (Å²) in [6.45, 7) is 2.93. The number of halogens is 2. The van der Waals surface area contributed by atoms with Crippen LogP contribution in [0.3, 0.4) is 0 Å². The maximum atomic E-state index is 13.2. The summed E-state index contributed by atoms with van der Waals surface area (Å²) in [6.07, 6.45) is 2.47. The van der Waals surface area contributed by atoms with Crippen molar-refractivity contribution in [3.8, 4) is 0 Å². The number of hydrogen-bond donors (Lipinski definition) is 2. The number of nitrogens with one attached hydrogen (secondary N) is 2. The van der Waals surface area contributed by atoms with Gasteiger partial charge in [-0.1, -0.05) is 41.9 Å². The first kappa shape index (κ1) is 18.1. The predicted octanol–water partition coefficient (Wildman–Crippen LogP) is 4.60. The second kappa shape index (κ2) is 8.61. The average Bonchev–Trinajstić information content (AvgIpc) is 3.14. The summed E-state index contributed by atoms with van der Waals surface area (Å²) in [7, 11) is 0. The van der Waals surface area contributed by atoms with E-state index < -0.39 is 5.82 Å². The molecule has 3 rings (SSSR count). The van der Waals surface area contributed by atoms with Gasteiger partial charge in [-0.15, -0.1) is 0 Å². The van der Waals surface area contributed by atoms with Gasteiger partial charge >= 0.3 is 0 Å². The Balaban J connectivity index is 1.62. The summed E-state index contributed by atoms with van der Waals surface area (Å²) in [5.41, 5.74) is 1.95. The third kappa shape index (κ3) is 4.91. The van der Waals surface area contributed by atoms with Crippen molar-refractivity contribution < 1.29 is 4.39 Å². The molecule has 25 heavy (non-hydrogen) atoms. The van der Waals surface area contributed by atoms with Crippen LogP contribution in [-0.4, -0.2) is 29.6 Å². The Kier molecular flexibility index (Phi) is 6.24. The SMILES string of the molecule is Fc1ccc(NC(=S)NC[C@H](c2ccccc2)N2CCCC2)cc1Cl. The van der Waals surface area contributed by atoms with E-state index in [1.807, 2.05) is 6.07 Å². The van der Waals surface area contributed by atoms with E-state index in [1.54, 1.807) is 6.07 Å². The fraction of sp³-hybridized carbons (Fsp3) is 0.316. The molecule has 1 fully saturated rings. The van der Waals surface area contributed by atoms with Crippen molar-refractivity contribution in [2.75, 3.05) is 25.0 Å². The van der Waals surface area contributed by atoms with E-state index in [0.29, 0.717) is 17.3 Å². The third-order valence-electron chi connectivity index (χ3n) is 4.40. The van der Waals surface area contributed by atoms with E-state index in [-0.39, 0.29) is 11.1 Å². The molecule has 1 saturated heterocycles. The van der Waals surface area contributed by atoms with Crippen molar-refractivity contribution in [3.63, 3.8) is 0 Å². The molecule has 6 heteroatoms. The third-order valence-corrected chi connectivity index (χ3v) is 4.94. The molecule has 0 spiro atoms. The normalized spacial score (nSPS) is 15.8. The maximum absolute atomic E-state index is 13.2. The first-order chi connectivity index (χ1) is 12.1. The molecule has 0 bridgehead atoms. The minimum Gasteiger partial charge on any atom is -0.361 e. The highest BCUT2D eigenvalue weighted by Gasteiger charge is 2.23. The zero-order chi connectivity index (χ0) is 17.6. The first-order valence-electron chi connectivity index (χ1n) is 8.42. The van der Waals surface area contributed by atoms with Gasteiger partial charge in [0.1, 0.15) is 5.82 Å². The second-order valence-electron chi connectivity index (χ2n) is 6.13. The summed E-state index contributed by atoms with van der Waals surface area (Å²) in [6, 6.07) is 15.2. The predicted molar refractivity (Wildman–Crippen MR) is 106 cm³/mol. The molecule has 1 aliphatic rings. The Bertz CT molecular complexity index is 720. The van der Waals surface area contributed by atoms with E-state index in [0.717, 1.165) is 13.1 Å². The molecule has 2 aromatic rings. The monoisotopic (exact) mass is 377 g/mol. The highest BCUT2D eigenvalue weighted by molar-refractivity contribution is 7.80. The smallest absolute Gasteiger partial charge is 0.170 e. The first-order valence-corrected chi connectivity index (χ1v) is 9.21. The van der Waals surface area contributed by atoms with E-state index in [1.165, 1.54) is 30.5 Å². The zero-order valence-electron chi connectivity index (χ0n) is 13.8. The van der Waals surface area contributed by atoms with Crippen LogP contribution in [0.15, 0.2) is 48.5 Å². The number of rotatable bonds is 5. The summed E-state index contributed by atoms with van der Waals surface area (Å²) < 4.78 is 13.2. The number of likely N-dealkylation sites (tertiary alicyclic amines) is 1. The van der Waals surface area contributed by atoms with Gasteiger partial charge in [0, 0.05) is 12.2 Å². The minimum atomic E-state index is -0.440. The van der Waals surface area contributed by atoms with Gasteiger partial charge in [-0.2, -0.15) is 0 Å². The lowest BCUT2D eigenvalue weighted by molar-refractivity contribution is 0.246. The molecular weight excluding hydrogens is 357 g/mol. The van der Waals surface area contributed by atoms with E-state index in [9.17, 15) is 4.39 Å². The Labute approximate surface area is 158 Å². The molecule has 2 N–H and O–H groups in total. The maximum Gasteiger partial charge on any atom is 0.170 e. The van der Waals surface area contributed by atoms with Gasteiger partial charge in [0.05, 0.1) is 11.1 Å². The highest BCUT2D eigenvalue weighted by Crippen LogP contribution is 2.24. The lowest BCUT2D eigenvalue weighted by Gasteiger charge is -2.28. The molecule has 0 radical (unpaired) electrons. The highest BCUT2D eigenvalue weighted by atomic mass is 35.5. The van der Waals surface area contributed by atoms with Crippen LogP contribution in [0, 0.1) is 5.82 Å². The van der Waals surface area contributed by atoms with Crippen LogP contribution in [-0.2, 0) is 0 Å². The number of hydrogen-bond acceptors (Lipinski definition) is 2. The number of thiocarbonyl (C=S) groups is 1. The Morgan fingerprint density at radius 3 is 2.56 bits per heavy atom. The minimum absolute atomic E-state index is 0.0760. The zero-order valence-corrected chi connectivity index (χ0v) is 15.4.